The molecule has 0 N–H and O–H groups in total. The van der Waals surface area contributed by atoms with Crippen LogP contribution in [0.1, 0.15) is 5.89 Å². The highest BCUT2D eigenvalue weighted by Gasteiger charge is 2.18. The quantitative estimate of drug-likeness (QED) is 0.358. The molecule has 0 amide bonds. The minimum Gasteiger partial charge on any atom is -0.379 e. The summed E-state index contributed by atoms with van der Waals surface area (Å²) in [6.07, 6.45) is 0. The Morgan fingerprint density at radius 2 is 1.91 bits per heavy atom. The lowest BCUT2D eigenvalue weighted by molar-refractivity contribution is 0.0361. The molecule has 0 unspecified atom stereocenters. The van der Waals surface area contributed by atoms with E-state index < -0.39 is 0 Å². The van der Waals surface area contributed by atoms with E-state index in [9.17, 15) is 4.39 Å². The van der Waals surface area contributed by atoms with E-state index in [2.05, 4.69) is 29.8 Å². The van der Waals surface area contributed by atoms with Crippen molar-refractivity contribution in [3.8, 4) is 22.1 Å². The largest absolute Gasteiger partial charge is 0.379 e. The maximum Gasteiger partial charge on any atom is 0.237 e. The first-order valence-electron chi connectivity index (χ1n) is 10.2. The number of aromatic nitrogens is 5. The molecule has 1 aliphatic rings. The summed E-state index contributed by atoms with van der Waals surface area (Å²) in [7, 11) is 0. The third kappa shape index (κ3) is 4.90. The molecule has 1 aliphatic heterocycles. The second kappa shape index (κ2) is 9.90. The predicted molar refractivity (Wildman–Crippen MR) is 120 cm³/mol. The molecule has 32 heavy (non-hydrogen) atoms. The molecule has 4 aromatic rings. The molecule has 1 fully saturated rings. The number of thioether (sulfide) groups is 1. The van der Waals surface area contributed by atoms with Crippen LogP contribution >= 0.6 is 23.1 Å². The van der Waals surface area contributed by atoms with Crippen LogP contribution in [0.3, 0.4) is 0 Å². The smallest absolute Gasteiger partial charge is 0.237 e. The van der Waals surface area contributed by atoms with Gasteiger partial charge in [-0.2, -0.15) is 4.98 Å². The molecule has 1 aromatic carbocycles. The molecule has 0 radical (unpaired) electrons. The fourth-order valence-corrected chi connectivity index (χ4v) is 4.87. The molecule has 11 heteroatoms. The van der Waals surface area contributed by atoms with Gasteiger partial charge in [0, 0.05) is 31.7 Å². The zero-order chi connectivity index (χ0) is 21.8. The minimum absolute atomic E-state index is 0.277. The number of thiophene rings is 1. The average molecular weight is 473 g/mol. The first-order valence-corrected chi connectivity index (χ1v) is 12.1. The lowest BCUT2D eigenvalue weighted by atomic mass is 10.2. The molecule has 8 nitrogen and oxygen atoms in total. The fourth-order valence-electron chi connectivity index (χ4n) is 3.42. The molecule has 0 bridgehead atoms. The van der Waals surface area contributed by atoms with Crippen molar-refractivity contribution in [2.24, 2.45) is 0 Å². The van der Waals surface area contributed by atoms with Crippen molar-refractivity contribution in [2.45, 2.75) is 17.5 Å². The fraction of sp³-hybridized carbons (Fsp3) is 0.333. The van der Waals surface area contributed by atoms with Gasteiger partial charge in [-0.25, -0.2) is 4.39 Å². The standard InChI is InChI=1S/C21H21FN6O2S2/c22-16-5-3-15(4-6-16)20-24-25-21(28(20)8-7-27-9-11-29-12-10-27)32-14-18-23-19(26-30-18)17-2-1-13-31-17/h1-6,13H,7-12,14H2. The third-order valence-corrected chi connectivity index (χ3v) is 6.91. The highest BCUT2D eigenvalue weighted by molar-refractivity contribution is 7.98. The van der Waals surface area contributed by atoms with Crippen LogP contribution in [-0.2, 0) is 17.0 Å². The van der Waals surface area contributed by atoms with Gasteiger partial charge in [0.2, 0.25) is 11.7 Å². The molecule has 4 heterocycles. The number of benzene rings is 1. The van der Waals surface area contributed by atoms with Gasteiger partial charge in [-0.15, -0.1) is 21.5 Å². The Morgan fingerprint density at radius 1 is 1.06 bits per heavy atom. The van der Waals surface area contributed by atoms with Gasteiger partial charge >= 0.3 is 0 Å². The van der Waals surface area contributed by atoms with Gasteiger partial charge in [-0.3, -0.25) is 4.90 Å². The molecule has 0 aliphatic carbocycles. The van der Waals surface area contributed by atoms with E-state index in [1.807, 2.05) is 17.5 Å². The van der Waals surface area contributed by atoms with Gasteiger partial charge in [-0.1, -0.05) is 23.0 Å². The number of hydrogen-bond donors (Lipinski definition) is 0. The lowest BCUT2D eigenvalue weighted by Crippen LogP contribution is -2.38. The summed E-state index contributed by atoms with van der Waals surface area (Å²) in [5, 5.41) is 15.6. The monoisotopic (exact) mass is 472 g/mol. The Kier molecular flexibility index (Phi) is 6.58. The molecule has 3 aromatic heterocycles. The van der Waals surface area contributed by atoms with E-state index in [1.165, 1.54) is 23.9 Å². The van der Waals surface area contributed by atoms with Crippen molar-refractivity contribution in [2.75, 3.05) is 32.8 Å². The van der Waals surface area contributed by atoms with Crippen LogP contribution < -0.4 is 0 Å². The summed E-state index contributed by atoms with van der Waals surface area (Å²) in [6.45, 7) is 4.88. The summed E-state index contributed by atoms with van der Waals surface area (Å²) >= 11 is 3.06. The van der Waals surface area contributed by atoms with E-state index in [-0.39, 0.29) is 5.82 Å². The molecule has 5 rings (SSSR count). The van der Waals surface area contributed by atoms with Gasteiger partial charge < -0.3 is 13.8 Å². The maximum absolute atomic E-state index is 13.4. The second-order valence-corrected chi connectivity index (χ2v) is 9.09. The van der Waals surface area contributed by atoms with Crippen LogP contribution in [0.2, 0.25) is 0 Å². The number of ether oxygens (including phenoxy) is 1. The van der Waals surface area contributed by atoms with Crippen molar-refractivity contribution in [3.05, 3.63) is 53.5 Å². The summed E-state index contributed by atoms with van der Waals surface area (Å²) in [5.74, 6) is 2.05. The van der Waals surface area contributed by atoms with Crippen LogP contribution in [0.4, 0.5) is 4.39 Å². The molecule has 0 atom stereocenters. The topological polar surface area (TPSA) is 82.1 Å². The minimum atomic E-state index is -0.277. The van der Waals surface area contributed by atoms with Gasteiger partial charge in [0.15, 0.2) is 11.0 Å². The molecule has 1 saturated heterocycles. The Bertz CT molecular complexity index is 1140. The van der Waals surface area contributed by atoms with E-state index in [0.717, 1.165) is 48.4 Å². The molecule has 0 spiro atoms. The highest BCUT2D eigenvalue weighted by Crippen LogP contribution is 2.28. The van der Waals surface area contributed by atoms with Crippen LogP contribution in [0, 0.1) is 5.82 Å². The third-order valence-electron chi connectivity index (χ3n) is 5.10. The van der Waals surface area contributed by atoms with Gasteiger partial charge in [0.25, 0.3) is 0 Å². The van der Waals surface area contributed by atoms with E-state index in [0.29, 0.717) is 29.8 Å². The van der Waals surface area contributed by atoms with E-state index in [1.54, 1.807) is 23.5 Å². The van der Waals surface area contributed by atoms with Crippen LogP contribution in [-0.4, -0.2) is 62.7 Å². The summed E-state index contributed by atoms with van der Waals surface area (Å²) < 4.78 is 26.4. The highest BCUT2D eigenvalue weighted by atomic mass is 32.2. The lowest BCUT2D eigenvalue weighted by Gasteiger charge is -2.27. The number of rotatable bonds is 8. The van der Waals surface area contributed by atoms with Crippen LogP contribution in [0.15, 0.2) is 51.5 Å². The second-order valence-electron chi connectivity index (χ2n) is 7.20. The van der Waals surface area contributed by atoms with Crippen molar-refractivity contribution in [3.63, 3.8) is 0 Å². The van der Waals surface area contributed by atoms with Crippen LogP contribution in [0.25, 0.3) is 22.1 Å². The zero-order valence-electron chi connectivity index (χ0n) is 17.2. The van der Waals surface area contributed by atoms with Crippen LogP contribution in [0.5, 0.6) is 0 Å². The van der Waals surface area contributed by atoms with E-state index in [4.69, 9.17) is 9.26 Å². The SMILES string of the molecule is Fc1ccc(-c2nnc(SCc3nc(-c4cccs4)no3)n2CCN2CCOCC2)cc1. The summed E-state index contributed by atoms with van der Waals surface area (Å²) in [6, 6.07) is 10.2. The predicted octanol–water partition coefficient (Wildman–Crippen LogP) is 3.82. The average Bonchev–Trinajstić information content (AvgIpc) is 3.58. The number of morpholine rings is 1. The van der Waals surface area contributed by atoms with Crippen molar-refractivity contribution in [1.82, 2.24) is 29.8 Å². The Hall–Kier alpha value is -2.60. The van der Waals surface area contributed by atoms with Crippen molar-refractivity contribution >= 4 is 23.1 Å². The number of nitrogens with zero attached hydrogens (tertiary/aromatic N) is 6. The maximum atomic E-state index is 13.4. The first-order chi connectivity index (χ1) is 15.8. The summed E-state index contributed by atoms with van der Waals surface area (Å²) in [5.41, 5.74) is 0.825. The Morgan fingerprint density at radius 3 is 2.69 bits per heavy atom. The number of halogens is 1. The molecular weight excluding hydrogens is 451 g/mol. The van der Waals surface area contributed by atoms with Gasteiger partial charge in [0.05, 0.1) is 23.8 Å². The van der Waals surface area contributed by atoms with E-state index >= 15 is 0 Å². The van der Waals surface area contributed by atoms with Crippen molar-refractivity contribution < 1.29 is 13.7 Å². The van der Waals surface area contributed by atoms with Crippen molar-refractivity contribution in [1.29, 1.82) is 0 Å². The number of hydrogen-bond acceptors (Lipinski definition) is 9. The Balaban J connectivity index is 1.34. The molecule has 166 valence electrons. The molecule has 0 saturated carbocycles. The van der Waals surface area contributed by atoms with Gasteiger partial charge in [-0.05, 0) is 35.7 Å². The van der Waals surface area contributed by atoms with Gasteiger partial charge in [0.1, 0.15) is 5.82 Å². The molecular formula is C21H21FN6O2S2. The Labute approximate surface area is 192 Å². The normalized spacial score (nSPS) is 14.8. The zero-order valence-corrected chi connectivity index (χ0v) is 18.8. The summed E-state index contributed by atoms with van der Waals surface area (Å²) in [4.78, 5) is 7.81. The first kappa shape index (κ1) is 21.3.